The predicted molar refractivity (Wildman–Crippen MR) is 133 cm³/mol. The number of nitrogens with zero attached hydrogens (tertiary/aromatic N) is 3. The molecule has 4 aromatic rings. The number of aromatic amines is 1. The van der Waals surface area contributed by atoms with Gasteiger partial charge in [0.15, 0.2) is 0 Å². The average molecular weight is 461 g/mol. The van der Waals surface area contributed by atoms with Crippen molar-refractivity contribution in [3.8, 4) is 22.4 Å². The van der Waals surface area contributed by atoms with Crippen LogP contribution in [0.15, 0.2) is 53.5 Å². The molecular weight excluding hydrogens is 432 g/mol. The molecule has 9 heteroatoms. The molecule has 0 aliphatic carbocycles. The van der Waals surface area contributed by atoms with Gasteiger partial charge in [-0.15, -0.1) is 0 Å². The molecule has 1 unspecified atom stereocenters. The highest BCUT2D eigenvalue weighted by molar-refractivity contribution is 5.98. The summed E-state index contributed by atoms with van der Waals surface area (Å²) in [5.74, 6) is 0.329. The number of carbonyl (C=O) groups is 1. The number of imidazole rings is 1. The fourth-order valence-electron chi connectivity index (χ4n) is 4.13. The van der Waals surface area contributed by atoms with Crippen molar-refractivity contribution in [2.75, 3.05) is 25.6 Å². The van der Waals surface area contributed by atoms with E-state index < -0.39 is 0 Å². The van der Waals surface area contributed by atoms with Crippen molar-refractivity contribution in [1.82, 2.24) is 24.8 Å². The molecule has 176 valence electrons. The Balaban J connectivity index is 1.85. The van der Waals surface area contributed by atoms with Crippen LogP contribution in [0, 0.1) is 6.92 Å². The lowest BCUT2D eigenvalue weighted by molar-refractivity contribution is 0.160. The number of amides is 2. The second kappa shape index (κ2) is 9.88. The van der Waals surface area contributed by atoms with E-state index in [1.807, 2.05) is 57.2 Å². The maximum atomic E-state index is 13.0. The molecular formula is C25H28N6O3. The Morgan fingerprint density at radius 3 is 2.68 bits per heavy atom. The quantitative estimate of drug-likeness (QED) is 0.384. The second-order valence-electron chi connectivity index (χ2n) is 8.10. The number of aromatic nitrogens is 4. The number of pyridine rings is 2. The summed E-state index contributed by atoms with van der Waals surface area (Å²) in [6, 6.07) is 12.8. The van der Waals surface area contributed by atoms with Crippen molar-refractivity contribution in [1.29, 1.82) is 0 Å². The Hall–Kier alpha value is -3.98. The molecule has 3 heterocycles. The van der Waals surface area contributed by atoms with Crippen molar-refractivity contribution >= 4 is 23.0 Å². The molecule has 1 atom stereocenters. The molecule has 2 amide bonds. The first kappa shape index (κ1) is 23.2. The summed E-state index contributed by atoms with van der Waals surface area (Å²) in [4.78, 5) is 37.2. The monoisotopic (exact) mass is 460 g/mol. The number of carbonyl (C=O) groups excluding carboxylic acids is 1. The van der Waals surface area contributed by atoms with E-state index in [9.17, 15) is 9.59 Å². The van der Waals surface area contributed by atoms with E-state index in [2.05, 4.69) is 25.6 Å². The van der Waals surface area contributed by atoms with Crippen molar-refractivity contribution in [3.63, 3.8) is 0 Å². The van der Waals surface area contributed by atoms with E-state index in [4.69, 9.17) is 4.74 Å². The van der Waals surface area contributed by atoms with Gasteiger partial charge in [-0.25, -0.2) is 9.78 Å². The standard InChI is InChI=1S/C25H28N6O3/c1-5-26-25(33)30-24-28-21-12-18(11-19(23(21)29-24)20-8-6-7-9-27-20)17-10-15(2)31(22(32)13-17)16(3)14-34-4/h6-13,16H,5,14H2,1-4H3,(H3,26,28,29,30,33). The minimum atomic E-state index is -0.342. The van der Waals surface area contributed by atoms with Gasteiger partial charge in [0, 0.05) is 37.2 Å². The number of urea groups is 1. The summed E-state index contributed by atoms with van der Waals surface area (Å²) >= 11 is 0. The Bertz CT molecular complexity index is 1380. The van der Waals surface area contributed by atoms with Gasteiger partial charge in [0.2, 0.25) is 5.95 Å². The van der Waals surface area contributed by atoms with Crippen molar-refractivity contribution in [2.45, 2.75) is 26.8 Å². The fraction of sp³-hybridized carbons (Fsp3) is 0.280. The number of nitrogens with one attached hydrogen (secondary N) is 3. The molecule has 0 spiro atoms. The van der Waals surface area contributed by atoms with Crippen molar-refractivity contribution < 1.29 is 9.53 Å². The zero-order valence-electron chi connectivity index (χ0n) is 19.7. The van der Waals surface area contributed by atoms with Crippen LogP contribution in [0.3, 0.4) is 0 Å². The van der Waals surface area contributed by atoms with Crippen LogP contribution in [-0.2, 0) is 4.74 Å². The molecule has 0 bridgehead atoms. The second-order valence-corrected chi connectivity index (χ2v) is 8.10. The average Bonchev–Trinajstić information content (AvgIpc) is 3.21. The van der Waals surface area contributed by atoms with Crippen LogP contribution < -0.4 is 16.2 Å². The third-order valence-electron chi connectivity index (χ3n) is 5.54. The predicted octanol–water partition coefficient (Wildman–Crippen LogP) is 4.11. The van der Waals surface area contributed by atoms with E-state index in [1.54, 1.807) is 23.9 Å². The number of rotatable bonds is 7. The molecule has 34 heavy (non-hydrogen) atoms. The van der Waals surface area contributed by atoms with E-state index in [1.165, 1.54) is 0 Å². The normalized spacial score (nSPS) is 12.0. The molecule has 1 aromatic carbocycles. The first-order chi connectivity index (χ1) is 16.4. The zero-order chi connectivity index (χ0) is 24.2. The summed E-state index contributed by atoms with van der Waals surface area (Å²) in [6.45, 7) is 6.67. The minimum absolute atomic E-state index is 0.0754. The molecule has 0 saturated carbocycles. The molecule has 3 N–H and O–H groups in total. The summed E-state index contributed by atoms with van der Waals surface area (Å²) in [5, 5.41) is 5.41. The third-order valence-corrected chi connectivity index (χ3v) is 5.54. The minimum Gasteiger partial charge on any atom is -0.383 e. The Labute approximate surface area is 197 Å². The molecule has 0 aliphatic heterocycles. The van der Waals surface area contributed by atoms with Crippen LogP contribution in [-0.4, -0.2) is 45.8 Å². The maximum absolute atomic E-state index is 13.0. The van der Waals surface area contributed by atoms with Crippen molar-refractivity contribution in [2.24, 2.45) is 0 Å². The number of fused-ring (bicyclic) bond motifs is 1. The number of methoxy groups -OCH3 is 1. The van der Waals surface area contributed by atoms with Gasteiger partial charge < -0.3 is 19.6 Å². The summed E-state index contributed by atoms with van der Waals surface area (Å²) in [7, 11) is 1.62. The number of aryl methyl sites for hydroxylation is 1. The number of anilines is 1. The topological polar surface area (TPSA) is 114 Å². The summed E-state index contributed by atoms with van der Waals surface area (Å²) in [5.41, 5.74) is 5.31. The van der Waals surface area contributed by atoms with Gasteiger partial charge >= 0.3 is 6.03 Å². The Kier molecular flexibility index (Phi) is 6.74. The van der Waals surface area contributed by atoms with Crippen LogP contribution in [0.1, 0.15) is 25.6 Å². The van der Waals surface area contributed by atoms with Crippen molar-refractivity contribution in [3.05, 3.63) is 64.7 Å². The summed E-state index contributed by atoms with van der Waals surface area (Å²) in [6.07, 6.45) is 1.72. The van der Waals surface area contributed by atoms with Gasteiger partial charge in [-0.05, 0) is 62.2 Å². The Morgan fingerprint density at radius 1 is 1.21 bits per heavy atom. The molecule has 9 nitrogen and oxygen atoms in total. The van der Waals surface area contributed by atoms with Gasteiger partial charge in [-0.3, -0.25) is 15.1 Å². The number of ether oxygens (including phenoxy) is 1. The molecule has 3 aromatic heterocycles. The number of hydrogen-bond donors (Lipinski definition) is 3. The molecule has 0 radical (unpaired) electrons. The molecule has 0 aliphatic rings. The fourth-order valence-corrected chi connectivity index (χ4v) is 4.13. The highest BCUT2D eigenvalue weighted by Gasteiger charge is 2.16. The smallest absolute Gasteiger partial charge is 0.321 e. The van der Waals surface area contributed by atoms with Crippen LogP contribution in [0.25, 0.3) is 33.4 Å². The SMILES string of the molecule is CCNC(=O)Nc1nc2c(-c3ccccn3)cc(-c3cc(C)n(C(C)COC)c(=O)c3)cc2[nH]1. The molecule has 0 fully saturated rings. The highest BCUT2D eigenvalue weighted by Crippen LogP contribution is 2.33. The number of H-pyrrole nitrogens is 1. The summed E-state index contributed by atoms with van der Waals surface area (Å²) < 4.78 is 6.96. The van der Waals surface area contributed by atoms with Gasteiger partial charge in [0.05, 0.1) is 29.4 Å². The first-order valence-electron chi connectivity index (χ1n) is 11.1. The lowest BCUT2D eigenvalue weighted by atomic mass is 9.99. The Morgan fingerprint density at radius 2 is 2.00 bits per heavy atom. The van der Waals surface area contributed by atoms with Crippen LogP contribution in [0.2, 0.25) is 0 Å². The first-order valence-corrected chi connectivity index (χ1v) is 11.1. The highest BCUT2D eigenvalue weighted by atomic mass is 16.5. The van der Waals surface area contributed by atoms with Crippen LogP contribution in [0.5, 0.6) is 0 Å². The van der Waals surface area contributed by atoms with Crippen LogP contribution in [0.4, 0.5) is 10.7 Å². The number of benzene rings is 1. The maximum Gasteiger partial charge on any atom is 0.321 e. The van der Waals surface area contributed by atoms with E-state index in [0.717, 1.165) is 33.6 Å². The third kappa shape index (κ3) is 4.69. The largest absolute Gasteiger partial charge is 0.383 e. The van der Waals surface area contributed by atoms with Gasteiger partial charge in [0.1, 0.15) is 0 Å². The van der Waals surface area contributed by atoms with E-state index in [0.29, 0.717) is 24.6 Å². The lowest BCUT2D eigenvalue weighted by Gasteiger charge is -2.18. The zero-order valence-corrected chi connectivity index (χ0v) is 19.7. The van der Waals surface area contributed by atoms with E-state index in [-0.39, 0.29) is 17.6 Å². The molecule has 4 rings (SSSR count). The molecule has 0 saturated heterocycles. The lowest BCUT2D eigenvalue weighted by Crippen LogP contribution is -2.28. The van der Waals surface area contributed by atoms with Gasteiger partial charge in [0.25, 0.3) is 5.56 Å². The van der Waals surface area contributed by atoms with Gasteiger partial charge in [-0.2, -0.15) is 0 Å². The van der Waals surface area contributed by atoms with Gasteiger partial charge in [-0.1, -0.05) is 6.07 Å². The van der Waals surface area contributed by atoms with Crippen LogP contribution >= 0.6 is 0 Å². The number of hydrogen-bond acceptors (Lipinski definition) is 5. The van der Waals surface area contributed by atoms with E-state index >= 15 is 0 Å².